The Kier molecular flexibility index (Phi) is 3.13. The lowest BCUT2D eigenvalue weighted by atomic mass is 10.1. The summed E-state index contributed by atoms with van der Waals surface area (Å²) in [5.41, 5.74) is 2.74. The topological polar surface area (TPSA) is 74.5 Å². The van der Waals surface area contributed by atoms with Gasteiger partial charge in [0.2, 0.25) is 0 Å². The van der Waals surface area contributed by atoms with Gasteiger partial charge >= 0.3 is 0 Å². The maximum Gasteiger partial charge on any atom is 0.280 e. The molecule has 21 heavy (non-hydrogen) atoms. The molecule has 0 amide bonds. The second kappa shape index (κ2) is 5.10. The predicted octanol–water partition coefficient (Wildman–Crippen LogP) is 2.41. The fraction of sp³-hybridized carbons (Fsp3) is 0.0625. The minimum absolute atomic E-state index is 0.170. The lowest BCUT2D eigenvalue weighted by Crippen LogP contribution is -2.16. The molecule has 5 nitrogen and oxygen atoms in total. The summed E-state index contributed by atoms with van der Waals surface area (Å²) in [4.78, 5) is 16.7. The Morgan fingerprint density at radius 3 is 2.57 bits per heavy atom. The van der Waals surface area contributed by atoms with Crippen LogP contribution in [0.4, 0.5) is 0 Å². The molecule has 0 fully saturated rings. The Bertz CT molecular complexity index is 864. The summed E-state index contributed by atoms with van der Waals surface area (Å²) < 4.78 is 1.40. The molecular weight excluding hydrogens is 264 g/mol. The van der Waals surface area contributed by atoms with Gasteiger partial charge in [-0.15, -0.1) is 0 Å². The van der Waals surface area contributed by atoms with E-state index in [1.54, 1.807) is 42.7 Å². The van der Waals surface area contributed by atoms with Crippen LogP contribution in [0.2, 0.25) is 0 Å². The maximum absolute atomic E-state index is 12.4. The zero-order chi connectivity index (χ0) is 14.8. The van der Waals surface area contributed by atoms with Crippen molar-refractivity contribution in [1.82, 2.24) is 14.8 Å². The van der Waals surface area contributed by atoms with Crippen molar-refractivity contribution in [2.24, 2.45) is 0 Å². The number of hydrogen-bond acceptors (Lipinski definition) is 3. The number of aromatic nitrogens is 3. The monoisotopic (exact) mass is 276 g/mol. The first kappa shape index (κ1) is 12.9. The van der Waals surface area contributed by atoms with Crippen LogP contribution < -0.4 is 5.56 Å². The van der Waals surface area contributed by atoms with Gasteiger partial charge in [-0.1, -0.05) is 18.2 Å². The van der Waals surface area contributed by atoms with Gasteiger partial charge < -0.3 is 0 Å². The summed E-state index contributed by atoms with van der Waals surface area (Å²) in [5, 5.41) is 11.7. The van der Waals surface area contributed by atoms with Crippen LogP contribution in [-0.2, 0) is 0 Å². The summed E-state index contributed by atoms with van der Waals surface area (Å²) in [5.74, 6) is 0.547. The molecule has 0 aliphatic carbocycles. The molecule has 3 aromatic rings. The van der Waals surface area contributed by atoms with E-state index in [4.69, 9.17) is 5.26 Å². The Balaban J connectivity index is 2.04. The third kappa shape index (κ3) is 2.35. The lowest BCUT2D eigenvalue weighted by molar-refractivity contribution is 0.818. The Labute approximate surface area is 121 Å². The highest BCUT2D eigenvalue weighted by atomic mass is 16.1. The van der Waals surface area contributed by atoms with Crippen LogP contribution in [0.25, 0.3) is 16.9 Å². The fourth-order valence-corrected chi connectivity index (χ4v) is 2.06. The largest absolute Gasteiger partial charge is 0.296 e. The average Bonchev–Trinajstić information content (AvgIpc) is 2.90. The lowest BCUT2D eigenvalue weighted by Gasteiger charge is -2.00. The van der Waals surface area contributed by atoms with Crippen molar-refractivity contribution in [1.29, 1.82) is 5.26 Å². The van der Waals surface area contributed by atoms with E-state index in [0.29, 0.717) is 16.9 Å². The molecule has 0 saturated carbocycles. The molecule has 5 heteroatoms. The van der Waals surface area contributed by atoms with Crippen LogP contribution >= 0.6 is 0 Å². The van der Waals surface area contributed by atoms with E-state index in [9.17, 15) is 4.79 Å². The van der Waals surface area contributed by atoms with Gasteiger partial charge in [-0.2, -0.15) is 5.26 Å². The highest BCUT2D eigenvalue weighted by Crippen LogP contribution is 2.16. The van der Waals surface area contributed by atoms with Crippen molar-refractivity contribution in [3.05, 3.63) is 70.3 Å². The quantitative estimate of drug-likeness (QED) is 0.781. The third-order valence-corrected chi connectivity index (χ3v) is 3.22. The van der Waals surface area contributed by atoms with Crippen molar-refractivity contribution in [2.75, 3.05) is 0 Å². The first-order chi connectivity index (χ1) is 10.2. The molecule has 1 aromatic carbocycles. The molecule has 0 unspecified atom stereocenters. The van der Waals surface area contributed by atoms with Crippen LogP contribution in [-0.4, -0.2) is 14.8 Å². The van der Waals surface area contributed by atoms with Crippen molar-refractivity contribution in [2.45, 2.75) is 6.92 Å². The maximum atomic E-state index is 12.4. The van der Waals surface area contributed by atoms with Crippen LogP contribution in [0.3, 0.4) is 0 Å². The van der Waals surface area contributed by atoms with Gasteiger partial charge in [0, 0.05) is 12.4 Å². The predicted molar refractivity (Wildman–Crippen MR) is 79.1 cm³/mol. The van der Waals surface area contributed by atoms with Crippen LogP contribution in [0, 0.1) is 18.3 Å². The van der Waals surface area contributed by atoms with Gasteiger partial charge in [-0.3, -0.25) is 9.89 Å². The number of hydrogen-bond donors (Lipinski definition) is 1. The Morgan fingerprint density at radius 1 is 1.19 bits per heavy atom. The van der Waals surface area contributed by atoms with Gasteiger partial charge in [0.25, 0.3) is 5.56 Å². The average molecular weight is 276 g/mol. The van der Waals surface area contributed by atoms with E-state index in [1.807, 2.05) is 13.0 Å². The zero-order valence-corrected chi connectivity index (χ0v) is 11.4. The van der Waals surface area contributed by atoms with Crippen LogP contribution in [0.1, 0.15) is 11.1 Å². The van der Waals surface area contributed by atoms with E-state index in [0.717, 1.165) is 11.1 Å². The number of pyridine rings is 1. The summed E-state index contributed by atoms with van der Waals surface area (Å²) in [6.07, 6.45) is 3.36. The molecular formula is C16H12N4O. The number of H-pyrrole nitrogens is 1. The van der Waals surface area contributed by atoms with E-state index in [1.165, 1.54) is 4.68 Å². The highest BCUT2D eigenvalue weighted by molar-refractivity contribution is 5.63. The van der Waals surface area contributed by atoms with E-state index >= 15 is 0 Å². The molecule has 0 radical (unpaired) electrons. The standard InChI is InChI=1S/C16H12N4O/c1-11-2-7-15(18-9-11)20-16(21)14(10-19-20)13-5-3-12(8-17)4-6-13/h2-7,9-10,19H,1H3. The Hall–Kier alpha value is -3.13. The second-order valence-corrected chi connectivity index (χ2v) is 4.71. The minimum atomic E-state index is -0.170. The molecule has 2 aromatic heterocycles. The molecule has 102 valence electrons. The molecule has 0 saturated heterocycles. The van der Waals surface area contributed by atoms with E-state index in [2.05, 4.69) is 16.2 Å². The van der Waals surface area contributed by atoms with E-state index < -0.39 is 0 Å². The number of benzene rings is 1. The Morgan fingerprint density at radius 2 is 1.95 bits per heavy atom. The van der Waals surface area contributed by atoms with Gasteiger partial charge in [-0.25, -0.2) is 9.67 Å². The summed E-state index contributed by atoms with van der Waals surface area (Å²) in [6, 6.07) is 12.6. The smallest absolute Gasteiger partial charge is 0.280 e. The SMILES string of the molecule is Cc1ccc(-n2[nH]cc(-c3ccc(C#N)cc3)c2=O)nc1. The number of nitrogens with one attached hydrogen (secondary N) is 1. The normalized spacial score (nSPS) is 10.3. The molecule has 0 atom stereocenters. The number of nitriles is 1. The first-order valence-corrected chi connectivity index (χ1v) is 6.43. The molecule has 0 bridgehead atoms. The summed E-state index contributed by atoms with van der Waals surface area (Å²) >= 11 is 0. The minimum Gasteiger partial charge on any atom is -0.296 e. The van der Waals surface area contributed by atoms with Crippen molar-refractivity contribution < 1.29 is 0 Å². The number of nitrogens with zero attached hydrogens (tertiary/aromatic N) is 3. The first-order valence-electron chi connectivity index (χ1n) is 6.43. The number of aryl methyl sites for hydroxylation is 1. The zero-order valence-electron chi connectivity index (χ0n) is 11.4. The summed E-state index contributed by atoms with van der Waals surface area (Å²) in [7, 11) is 0. The van der Waals surface area contributed by atoms with Crippen molar-refractivity contribution >= 4 is 0 Å². The van der Waals surface area contributed by atoms with Gasteiger partial charge in [0.05, 0.1) is 17.2 Å². The molecule has 3 rings (SSSR count). The summed E-state index contributed by atoms with van der Waals surface area (Å²) in [6.45, 7) is 1.94. The third-order valence-electron chi connectivity index (χ3n) is 3.22. The van der Waals surface area contributed by atoms with E-state index in [-0.39, 0.29) is 5.56 Å². The van der Waals surface area contributed by atoms with Crippen LogP contribution in [0.15, 0.2) is 53.6 Å². The molecule has 0 spiro atoms. The molecule has 0 aliphatic heterocycles. The van der Waals surface area contributed by atoms with Gasteiger partial charge in [-0.05, 0) is 36.2 Å². The van der Waals surface area contributed by atoms with Gasteiger partial charge in [0.15, 0.2) is 5.82 Å². The fourth-order valence-electron chi connectivity index (χ4n) is 2.06. The van der Waals surface area contributed by atoms with Crippen molar-refractivity contribution in [3.63, 3.8) is 0 Å². The molecule has 1 N–H and O–H groups in total. The van der Waals surface area contributed by atoms with Gasteiger partial charge in [0.1, 0.15) is 0 Å². The van der Waals surface area contributed by atoms with Crippen LogP contribution in [0.5, 0.6) is 0 Å². The molecule has 0 aliphatic rings. The molecule has 2 heterocycles. The number of aromatic amines is 1. The highest BCUT2D eigenvalue weighted by Gasteiger charge is 2.10. The second-order valence-electron chi connectivity index (χ2n) is 4.71. The van der Waals surface area contributed by atoms with Crippen molar-refractivity contribution in [3.8, 4) is 23.0 Å². The number of rotatable bonds is 2.